The van der Waals surface area contributed by atoms with E-state index in [2.05, 4.69) is 29.5 Å². The van der Waals surface area contributed by atoms with Gasteiger partial charge in [0.2, 0.25) is 0 Å². The fourth-order valence-corrected chi connectivity index (χ4v) is 3.20. The van der Waals surface area contributed by atoms with Crippen LogP contribution in [0.1, 0.15) is 40.8 Å². The average Bonchev–Trinajstić information content (AvgIpc) is 3.07. The summed E-state index contributed by atoms with van der Waals surface area (Å²) < 4.78 is 2.12. The van der Waals surface area contributed by atoms with Crippen molar-refractivity contribution in [2.45, 2.75) is 26.3 Å². The van der Waals surface area contributed by atoms with Crippen LogP contribution in [0.4, 0.5) is 0 Å². The largest absolute Gasteiger partial charge is 0.478 e. The number of nitrogens with zero attached hydrogens (tertiary/aromatic N) is 2. The van der Waals surface area contributed by atoms with Gasteiger partial charge in [-0.05, 0) is 23.6 Å². The Balaban J connectivity index is 2.23. The molecular weight excluding hydrogens is 284 g/mol. The fraction of sp³-hybridized carbons (Fsp3) is 0.250. The van der Waals surface area contributed by atoms with Crippen LogP contribution in [-0.4, -0.2) is 20.6 Å². The van der Waals surface area contributed by atoms with Crippen molar-refractivity contribution in [2.75, 3.05) is 0 Å². The Morgan fingerprint density at radius 1 is 1.33 bits per heavy atom. The van der Waals surface area contributed by atoms with E-state index in [4.69, 9.17) is 0 Å². The predicted molar refractivity (Wildman–Crippen MR) is 84.2 cm³/mol. The Bertz CT molecular complexity index is 788. The molecule has 0 spiro atoms. The monoisotopic (exact) mass is 300 g/mol. The van der Waals surface area contributed by atoms with Crippen molar-refractivity contribution in [1.29, 1.82) is 0 Å². The van der Waals surface area contributed by atoms with Gasteiger partial charge in [0.05, 0.1) is 17.6 Å². The van der Waals surface area contributed by atoms with Crippen molar-refractivity contribution in [2.24, 2.45) is 0 Å². The molecule has 5 heteroatoms. The van der Waals surface area contributed by atoms with Crippen LogP contribution in [-0.2, 0) is 6.54 Å². The highest BCUT2D eigenvalue weighted by atomic mass is 32.1. The van der Waals surface area contributed by atoms with Crippen LogP contribution in [0, 0.1) is 0 Å². The number of para-hydroxylation sites is 1. The molecule has 2 aromatic heterocycles. The molecule has 3 aromatic rings. The summed E-state index contributed by atoms with van der Waals surface area (Å²) in [5.74, 6) is 0.225. The van der Waals surface area contributed by atoms with Crippen molar-refractivity contribution in [1.82, 2.24) is 9.55 Å². The van der Waals surface area contributed by atoms with E-state index in [1.165, 1.54) is 4.88 Å². The van der Waals surface area contributed by atoms with Gasteiger partial charge in [0, 0.05) is 10.8 Å². The number of hydrogen-bond donors (Lipinski definition) is 1. The van der Waals surface area contributed by atoms with Crippen LogP contribution < -0.4 is 0 Å². The van der Waals surface area contributed by atoms with Gasteiger partial charge in [-0.1, -0.05) is 26.0 Å². The summed E-state index contributed by atoms with van der Waals surface area (Å²) in [5.41, 5.74) is 1.72. The molecule has 0 saturated carbocycles. The Morgan fingerprint density at radius 2 is 2.14 bits per heavy atom. The number of rotatable bonds is 4. The molecule has 2 heterocycles. The number of carbonyl (C=O) groups is 1. The van der Waals surface area contributed by atoms with E-state index < -0.39 is 5.97 Å². The van der Waals surface area contributed by atoms with E-state index in [1.807, 2.05) is 17.5 Å². The lowest BCUT2D eigenvalue weighted by molar-refractivity contribution is 0.0699. The van der Waals surface area contributed by atoms with Gasteiger partial charge in [0.15, 0.2) is 0 Å². The maximum absolute atomic E-state index is 11.4. The van der Waals surface area contributed by atoms with Gasteiger partial charge in [-0.3, -0.25) is 0 Å². The lowest BCUT2D eigenvalue weighted by atomic mass is 10.2. The lowest BCUT2D eigenvalue weighted by Gasteiger charge is -2.10. The molecule has 0 atom stereocenters. The summed E-state index contributed by atoms with van der Waals surface area (Å²) in [7, 11) is 0. The third-order valence-electron chi connectivity index (χ3n) is 3.45. The number of thiophene rings is 1. The van der Waals surface area contributed by atoms with Crippen molar-refractivity contribution >= 4 is 28.3 Å². The summed E-state index contributed by atoms with van der Waals surface area (Å²) >= 11 is 1.70. The van der Waals surface area contributed by atoms with Crippen LogP contribution in [0.15, 0.2) is 35.7 Å². The quantitative estimate of drug-likeness (QED) is 0.793. The van der Waals surface area contributed by atoms with Crippen LogP contribution in [0.25, 0.3) is 11.0 Å². The smallest absolute Gasteiger partial charge is 0.337 e. The first-order valence-corrected chi connectivity index (χ1v) is 7.70. The molecular formula is C16H16N2O2S. The van der Waals surface area contributed by atoms with Gasteiger partial charge < -0.3 is 9.67 Å². The van der Waals surface area contributed by atoms with Crippen LogP contribution >= 0.6 is 11.3 Å². The first-order valence-electron chi connectivity index (χ1n) is 6.82. The number of aromatic carboxylic acids is 1. The highest BCUT2D eigenvalue weighted by Gasteiger charge is 2.18. The van der Waals surface area contributed by atoms with Crippen LogP contribution in [0.5, 0.6) is 0 Å². The minimum Gasteiger partial charge on any atom is -0.478 e. The Kier molecular flexibility index (Phi) is 3.51. The molecule has 1 N–H and O–H groups in total. The molecule has 0 radical (unpaired) electrons. The van der Waals surface area contributed by atoms with Gasteiger partial charge >= 0.3 is 5.97 Å². The van der Waals surface area contributed by atoms with Crippen molar-refractivity contribution < 1.29 is 9.90 Å². The second-order valence-electron chi connectivity index (χ2n) is 5.27. The molecule has 0 fully saturated rings. The normalized spacial score (nSPS) is 11.4. The summed E-state index contributed by atoms with van der Waals surface area (Å²) in [6.07, 6.45) is 0. The minimum absolute atomic E-state index is 0.235. The molecule has 0 saturated heterocycles. The zero-order valence-electron chi connectivity index (χ0n) is 11.9. The maximum Gasteiger partial charge on any atom is 0.337 e. The van der Waals surface area contributed by atoms with E-state index in [0.717, 1.165) is 17.9 Å². The number of carboxylic acids is 1. The number of carboxylic acid groups (broad SMARTS) is 1. The molecule has 0 aliphatic carbocycles. The van der Waals surface area contributed by atoms with Crippen molar-refractivity contribution in [3.8, 4) is 0 Å². The molecule has 108 valence electrons. The third-order valence-corrected chi connectivity index (χ3v) is 4.31. The number of imidazole rings is 1. The highest BCUT2D eigenvalue weighted by molar-refractivity contribution is 7.09. The van der Waals surface area contributed by atoms with Gasteiger partial charge in [0.25, 0.3) is 0 Å². The molecule has 0 amide bonds. The van der Waals surface area contributed by atoms with Gasteiger partial charge in [-0.15, -0.1) is 11.3 Å². The van der Waals surface area contributed by atoms with E-state index >= 15 is 0 Å². The van der Waals surface area contributed by atoms with Gasteiger partial charge in [-0.25, -0.2) is 9.78 Å². The summed E-state index contributed by atoms with van der Waals surface area (Å²) in [4.78, 5) is 17.2. The van der Waals surface area contributed by atoms with Crippen molar-refractivity contribution in [3.05, 3.63) is 52.0 Å². The molecule has 4 nitrogen and oxygen atoms in total. The fourth-order valence-electron chi connectivity index (χ4n) is 2.50. The second-order valence-corrected chi connectivity index (χ2v) is 6.30. The summed E-state index contributed by atoms with van der Waals surface area (Å²) in [6.45, 7) is 4.88. The molecule has 21 heavy (non-hydrogen) atoms. The number of hydrogen-bond acceptors (Lipinski definition) is 3. The van der Waals surface area contributed by atoms with Gasteiger partial charge in [0.1, 0.15) is 11.3 Å². The zero-order chi connectivity index (χ0) is 15.0. The lowest BCUT2D eigenvalue weighted by Crippen LogP contribution is -2.05. The highest BCUT2D eigenvalue weighted by Crippen LogP contribution is 2.26. The van der Waals surface area contributed by atoms with E-state index in [1.54, 1.807) is 23.5 Å². The zero-order valence-corrected chi connectivity index (χ0v) is 12.7. The molecule has 1 aromatic carbocycles. The Hall–Kier alpha value is -2.14. The molecule has 0 aliphatic heterocycles. The first kappa shape index (κ1) is 13.8. The number of aromatic nitrogens is 2. The second kappa shape index (κ2) is 5.33. The maximum atomic E-state index is 11.4. The van der Waals surface area contributed by atoms with Crippen LogP contribution in [0.3, 0.4) is 0 Å². The minimum atomic E-state index is -0.934. The standard InChI is InChI=1S/C16H16N2O2S/c1-10(2)15-17-14-12(16(19)20)6-3-7-13(14)18(15)9-11-5-4-8-21-11/h3-8,10H,9H2,1-2H3,(H,19,20). The predicted octanol–water partition coefficient (Wildman–Crippen LogP) is 3.97. The summed E-state index contributed by atoms with van der Waals surface area (Å²) in [5, 5.41) is 11.4. The number of fused-ring (bicyclic) bond motifs is 1. The Morgan fingerprint density at radius 3 is 2.76 bits per heavy atom. The molecule has 0 bridgehead atoms. The van der Waals surface area contributed by atoms with Crippen molar-refractivity contribution in [3.63, 3.8) is 0 Å². The SMILES string of the molecule is CC(C)c1nc2c(C(=O)O)cccc2n1Cc1cccs1. The molecule has 3 rings (SSSR count). The number of benzene rings is 1. The van der Waals surface area contributed by atoms with E-state index in [9.17, 15) is 9.90 Å². The van der Waals surface area contributed by atoms with Gasteiger partial charge in [-0.2, -0.15) is 0 Å². The van der Waals surface area contributed by atoms with E-state index in [-0.39, 0.29) is 11.5 Å². The Labute approximate surface area is 126 Å². The first-order chi connectivity index (χ1) is 10.1. The topological polar surface area (TPSA) is 55.1 Å². The summed E-state index contributed by atoms with van der Waals surface area (Å²) in [6, 6.07) is 9.44. The van der Waals surface area contributed by atoms with Crippen LogP contribution in [0.2, 0.25) is 0 Å². The molecule has 0 aliphatic rings. The third kappa shape index (κ3) is 2.45. The average molecular weight is 300 g/mol. The molecule has 0 unspecified atom stereocenters. The van der Waals surface area contributed by atoms with E-state index in [0.29, 0.717) is 5.52 Å².